The van der Waals surface area contributed by atoms with Crippen LogP contribution in [0.2, 0.25) is 0 Å². The Bertz CT molecular complexity index is 1450. The summed E-state index contributed by atoms with van der Waals surface area (Å²) in [5.74, 6) is -0.289. The van der Waals surface area contributed by atoms with Gasteiger partial charge in [-0.3, -0.25) is 0 Å². The maximum absolute atomic E-state index is 13.3. The Morgan fingerprint density at radius 2 is 1.62 bits per heavy atom. The third-order valence-electron chi connectivity index (χ3n) is 5.86. The first-order chi connectivity index (χ1) is 16.1. The maximum Gasteiger partial charge on any atom is 0.416 e. The van der Waals surface area contributed by atoms with Gasteiger partial charge in [-0.2, -0.15) is 17.5 Å². The van der Waals surface area contributed by atoms with Gasteiger partial charge in [-0.1, -0.05) is 18.2 Å². The molecule has 1 fully saturated rings. The molecule has 176 valence electrons. The molecule has 0 spiro atoms. The first-order valence-electron chi connectivity index (χ1n) is 10.5. The Labute approximate surface area is 192 Å². The first kappa shape index (κ1) is 22.5. The second kappa shape index (κ2) is 8.21. The second-order valence-electron chi connectivity index (χ2n) is 8.04. The quantitative estimate of drug-likeness (QED) is 0.321. The number of alkyl halides is 3. The van der Waals surface area contributed by atoms with E-state index >= 15 is 0 Å². The zero-order valence-corrected chi connectivity index (χ0v) is 18.4. The highest BCUT2D eigenvalue weighted by atomic mass is 32.2. The van der Waals surface area contributed by atoms with Crippen LogP contribution in [0.1, 0.15) is 30.3 Å². The lowest BCUT2D eigenvalue weighted by Crippen LogP contribution is -2.30. The Morgan fingerprint density at radius 3 is 2.29 bits per heavy atom. The Kier molecular flexibility index (Phi) is 5.44. The zero-order chi connectivity index (χ0) is 24.1. The third kappa shape index (κ3) is 4.07. The minimum absolute atomic E-state index is 0.0125. The van der Waals surface area contributed by atoms with Crippen molar-refractivity contribution in [1.82, 2.24) is 9.29 Å². The number of oxazole rings is 1. The minimum Gasteiger partial charge on any atom is -0.439 e. The van der Waals surface area contributed by atoms with Crippen LogP contribution >= 0.6 is 0 Å². The highest BCUT2D eigenvalue weighted by molar-refractivity contribution is 7.89. The summed E-state index contributed by atoms with van der Waals surface area (Å²) in [5.41, 5.74) is 1.42. The van der Waals surface area contributed by atoms with Gasteiger partial charge in [-0.15, -0.1) is 0 Å². The molecule has 0 radical (unpaired) electrons. The first-order valence-corrected chi connectivity index (χ1v) is 11.9. The monoisotopic (exact) mass is 490 g/mol. The maximum atomic E-state index is 13.3. The third-order valence-corrected chi connectivity index (χ3v) is 7.78. The van der Waals surface area contributed by atoms with Crippen LogP contribution in [-0.4, -0.2) is 24.3 Å². The fraction of sp³-hybridized carbons (Fsp3) is 0.208. The van der Waals surface area contributed by atoms with Gasteiger partial charge >= 0.3 is 6.18 Å². The van der Waals surface area contributed by atoms with Crippen LogP contribution in [0.15, 0.2) is 76.0 Å². The summed E-state index contributed by atoms with van der Waals surface area (Å²) in [4.78, 5) is 4.48. The number of rotatable bonds is 4. The van der Waals surface area contributed by atoms with E-state index in [9.17, 15) is 26.0 Å². The Morgan fingerprint density at radius 1 is 0.941 bits per heavy atom. The molecule has 34 heavy (non-hydrogen) atoms. The van der Waals surface area contributed by atoms with Crippen LogP contribution in [0.3, 0.4) is 0 Å². The SMILES string of the molecule is O=S(=O)(c1ccc(F)cc1)N1CCC[C@H]1c1nc2cc(-c3ccc(C(F)(F)F)cc3)ccc2o1. The van der Waals surface area contributed by atoms with Gasteiger partial charge in [-0.25, -0.2) is 17.8 Å². The van der Waals surface area contributed by atoms with Crippen molar-refractivity contribution in [1.29, 1.82) is 0 Å². The highest BCUT2D eigenvalue weighted by Gasteiger charge is 2.39. The normalized spacial score (nSPS) is 17.5. The van der Waals surface area contributed by atoms with E-state index in [-0.39, 0.29) is 17.3 Å². The molecular formula is C24H18F4N2O3S. The van der Waals surface area contributed by atoms with Gasteiger partial charge in [0.2, 0.25) is 15.9 Å². The van der Waals surface area contributed by atoms with E-state index in [2.05, 4.69) is 4.98 Å². The van der Waals surface area contributed by atoms with Crippen molar-refractivity contribution in [3.05, 3.63) is 84.0 Å². The lowest BCUT2D eigenvalue weighted by molar-refractivity contribution is -0.137. The molecule has 5 nitrogen and oxygen atoms in total. The molecule has 1 saturated heterocycles. The number of fused-ring (bicyclic) bond motifs is 1. The minimum atomic E-state index is -4.41. The number of hydrogen-bond acceptors (Lipinski definition) is 4. The summed E-state index contributed by atoms with van der Waals surface area (Å²) < 4.78 is 85.2. The van der Waals surface area contributed by atoms with E-state index in [0.717, 1.165) is 24.3 Å². The number of sulfonamides is 1. The number of benzene rings is 3. The number of hydrogen-bond donors (Lipinski definition) is 0. The summed E-state index contributed by atoms with van der Waals surface area (Å²) in [6.45, 7) is 0.278. The Hall–Kier alpha value is -3.24. The highest BCUT2D eigenvalue weighted by Crippen LogP contribution is 2.38. The van der Waals surface area contributed by atoms with E-state index in [1.807, 2.05) is 0 Å². The molecule has 3 aromatic carbocycles. The van der Waals surface area contributed by atoms with Gasteiger partial charge in [0.15, 0.2) is 5.58 Å². The second-order valence-corrected chi connectivity index (χ2v) is 9.93. The summed E-state index contributed by atoms with van der Waals surface area (Å²) in [6, 6.07) is 13.9. The van der Waals surface area contributed by atoms with Crippen molar-refractivity contribution < 1.29 is 30.4 Å². The molecule has 0 N–H and O–H groups in total. The van der Waals surface area contributed by atoms with Gasteiger partial charge in [0, 0.05) is 6.54 Å². The summed E-state index contributed by atoms with van der Waals surface area (Å²) in [5, 5.41) is 0. The summed E-state index contributed by atoms with van der Waals surface area (Å²) in [7, 11) is -3.88. The predicted molar refractivity (Wildman–Crippen MR) is 117 cm³/mol. The van der Waals surface area contributed by atoms with E-state index in [0.29, 0.717) is 35.1 Å². The van der Waals surface area contributed by atoms with Crippen molar-refractivity contribution in [3.8, 4) is 11.1 Å². The van der Waals surface area contributed by atoms with Gasteiger partial charge in [0.25, 0.3) is 0 Å². The molecule has 0 amide bonds. The van der Waals surface area contributed by atoms with Crippen LogP contribution in [0.5, 0.6) is 0 Å². The van der Waals surface area contributed by atoms with Crippen LogP contribution in [-0.2, 0) is 16.2 Å². The number of aromatic nitrogens is 1. The van der Waals surface area contributed by atoms with E-state index in [1.165, 1.54) is 28.6 Å². The average molecular weight is 490 g/mol. The van der Waals surface area contributed by atoms with Crippen LogP contribution in [0.4, 0.5) is 17.6 Å². The smallest absolute Gasteiger partial charge is 0.416 e. The summed E-state index contributed by atoms with van der Waals surface area (Å²) >= 11 is 0. The molecular weight excluding hydrogens is 472 g/mol. The molecule has 1 aromatic heterocycles. The molecule has 0 unspecified atom stereocenters. The van der Waals surface area contributed by atoms with Gasteiger partial charge < -0.3 is 4.42 Å². The summed E-state index contributed by atoms with van der Waals surface area (Å²) in [6.07, 6.45) is -3.29. The van der Waals surface area contributed by atoms with Gasteiger partial charge in [0.05, 0.1) is 10.5 Å². The fourth-order valence-electron chi connectivity index (χ4n) is 4.14. The number of halogens is 4. The van der Waals surface area contributed by atoms with E-state index in [1.54, 1.807) is 18.2 Å². The van der Waals surface area contributed by atoms with Crippen molar-refractivity contribution >= 4 is 21.1 Å². The molecule has 5 rings (SSSR count). The topological polar surface area (TPSA) is 63.4 Å². The van der Waals surface area contributed by atoms with Crippen LogP contribution in [0.25, 0.3) is 22.2 Å². The molecule has 4 aromatic rings. The van der Waals surface area contributed by atoms with Crippen molar-refractivity contribution in [2.75, 3.05) is 6.54 Å². The van der Waals surface area contributed by atoms with E-state index in [4.69, 9.17) is 4.42 Å². The molecule has 1 atom stereocenters. The lowest BCUT2D eigenvalue weighted by Gasteiger charge is -2.21. The van der Waals surface area contributed by atoms with Gasteiger partial charge in [-0.05, 0) is 72.5 Å². The fourth-order valence-corrected chi connectivity index (χ4v) is 5.79. The molecule has 0 saturated carbocycles. The van der Waals surface area contributed by atoms with Crippen molar-refractivity contribution in [2.45, 2.75) is 30.0 Å². The molecule has 1 aliphatic rings. The lowest BCUT2D eigenvalue weighted by atomic mass is 10.0. The van der Waals surface area contributed by atoms with Crippen LogP contribution < -0.4 is 0 Å². The average Bonchev–Trinajstić information content (AvgIpc) is 3.46. The molecule has 0 bridgehead atoms. The molecule has 1 aliphatic heterocycles. The largest absolute Gasteiger partial charge is 0.439 e. The zero-order valence-electron chi connectivity index (χ0n) is 17.6. The Balaban J connectivity index is 1.46. The molecule has 0 aliphatic carbocycles. The van der Waals surface area contributed by atoms with Gasteiger partial charge in [0.1, 0.15) is 17.4 Å². The molecule has 10 heteroatoms. The van der Waals surface area contributed by atoms with Crippen LogP contribution in [0, 0.1) is 5.82 Å². The molecule has 2 heterocycles. The van der Waals surface area contributed by atoms with Crippen molar-refractivity contribution in [3.63, 3.8) is 0 Å². The standard InChI is InChI=1S/C24H18F4N2O3S/c25-18-8-10-19(11-9-18)34(31,32)30-13-1-2-21(30)23-29-20-14-16(5-12-22(20)33-23)15-3-6-17(7-4-15)24(26,27)28/h3-12,14,21H,1-2,13H2/t21-/m0/s1. The van der Waals surface area contributed by atoms with Crippen molar-refractivity contribution in [2.24, 2.45) is 0 Å². The van der Waals surface area contributed by atoms with E-state index < -0.39 is 33.6 Å². The predicted octanol–water partition coefficient (Wildman–Crippen LogP) is 6.18. The number of nitrogens with zero attached hydrogens (tertiary/aromatic N) is 2.